The number of hydrogen-bond acceptors (Lipinski definition) is 5. The quantitative estimate of drug-likeness (QED) is 0.608. The van der Waals surface area contributed by atoms with Crippen LogP contribution in [0.4, 0.5) is 0 Å². The molecular formula is C19H25BN2O4. The average molecular weight is 356 g/mol. The predicted octanol–water partition coefficient (Wildman–Crippen LogP) is 3.15. The highest BCUT2D eigenvalue weighted by molar-refractivity contribution is 6.48. The summed E-state index contributed by atoms with van der Waals surface area (Å²) >= 11 is 0. The van der Waals surface area contributed by atoms with Gasteiger partial charge in [-0.15, -0.1) is 0 Å². The summed E-state index contributed by atoms with van der Waals surface area (Å²) in [4.78, 5) is 12.0. The van der Waals surface area contributed by atoms with Gasteiger partial charge in [-0.25, -0.2) is 4.68 Å². The number of para-hydroxylation sites is 1. The lowest BCUT2D eigenvalue weighted by molar-refractivity contribution is -0.140. The summed E-state index contributed by atoms with van der Waals surface area (Å²) in [5.41, 5.74) is 0.880. The van der Waals surface area contributed by atoms with Crippen molar-refractivity contribution in [1.29, 1.82) is 0 Å². The van der Waals surface area contributed by atoms with Gasteiger partial charge >= 0.3 is 13.1 Å². The van der Waals surface area contributed by atoms with Gasteiger partial charge in [0.05, 0.1) is 36.6 Å². The zero-order valence-electron chi connectivity index (χ0n) is 15.9. The maximum Gasteiger partial charge on any atom is 0.466 e. The SMILES string of the molecule is COC(=O)CC(B1OC(C)(C)C(C)(C)O1)c1cnn(-c2ccccc2)c1. The molecule has 1 unspecified atom stereocenters. The maximum absolute atomic E-state index is 12.0. The van der Waals surface area contributed by atoms with Crippen LogP contribution in [0.15, 0.2) is 42.7 Å². The minimum atomic E-state index is -0.549. The minimum absolute atomic E-state index is 0.161. The fourth-order valence-electron chi connectivity index (χ4n) is 2.94. The van der Waals surface area contributed by atoms with Crippen LogP contribution in [-0.2, 0) is 18.8 Å². The van der Waals surface area contributed by atoms with E-state index < -0.39 is 18.3 Å². The highest BCUT2D eigenvalue weighted by atomic mass is 16.7. The molecule has 0 radical (unpaired) electrons. The number of methoxy groups -OCH3 is 1. The molecule has 0 aliphatic carbocycles. The van der Waals surface area contributed by atoms with Crippen LogP contribution in [0.5, 0.6) is 0 Å². The molecule has 0 N–H and O–H groups in total. The Balaban J connectivity index is 1.90. The molecule has 1 aromatic carbocycles. The molecule has 3 rings (SSSR count). The van der Waals surface area contributed by atoms with Crippen LogP contribution in [0.1, 0.15) is 45.5 Å². The summed E-state index contributed by atoms with van der Waals surface area (Å²) in [5.74, 6) is -0.613. The molecule has 1 fully saturated rings. The molecule has 1 atom stereocenters. The van der Waals surface area contributed by atoms with Gasteiger partial charge in [0, 0.05) is 12.0 Å². The fourth-order valence-corrected chi connectivity index (χ4v) is 2.94. The normalized spacial score (nSPS) is 19.3. The van der Waals surface area contributed by atoms with Gasteiger partial charge in [0.2, 0.25) is 0 Å². The van der Waals surface area contributed by atoms with E-state index >= 15 is 0 Å². The van der Waals surface area contributed by atoms with E-state index in [1.807, 2.05) is 64.2 Å². The van der Waals surface area contributed by atoms with Crippen LogP contribution in [0.3, 0.4) is 0 Å². The summed E-state index contributed by atoms with van der Waals surface area (Å²) in [6, 6.07) is 9.81. The summed E-state index contributed by atoms with van der Waals surface area (Å²) in [5, 5.41) is 4.44. The Labute approximate surface area is 154 Å². The lowest BCUT2D eigenvalue weighted by atomic mass is 9.67. The fraction of sp³-hybridized carbons (Fsp3) is 0.474. The number of carbonyl (C=O) groups is 1. The van der Waals surface area contributed by atoms with Gasteiger partial charge in [-0.05, 0) is 45.4 Å². The molecule has 7 heteroatoms. The lowest BCUT2D eigenvalue weighted by Gasteiger charge is -2.32. The van der Waals surface area contributed by atoms with Crippen LogP contribution in [0, 0.1) is 0 Å². The Morgan fingerprint density at radius 1 is 1.19 bits per heavy atom. The Hall–Kier alpha value is -2.12. The highest BCUT2D eigenvalue weighted by Crippen LogP contribution is 2.41. The van der Waals surface area contributed by atoms with E-state index in [1.54, 1.807) is 10.9 Å². The Morgan fingerprint density at radius 2 is 1.81 bits per heavy atom. The molecule has 1 aliphatic rings. The van der Waals surface area contributed by atoms with Gasteiger partial charge in [-0.1, -0.05) is 18.2 Å². The van der Waals surface area contributed by atoms with Crippen molar-refractivity contribution in [2.24, 2.45) is 0 Å². The van der Waals surface area contributed by atoms with Crippen LogP contribution in [0.25, 0.3) is 5.69 Å². The standard InChI is InChI=1S/C19H25BN2O4/c1-18(2)19(3,4)26-20(25-18)16(11-17(23)24-5)14-12-21-22(13-14)15-9-7-6-8-10-15/h6-10,12-13,16H,11H2,1-5H3. The van der Waals surface area contributed by atoms with E-state index in [1.165, 1.54) is 7.11 Å². The van der Waals surface area contributed by atoms with Gasteiger partial charge in [0.1, 0.15) is 0 Å². The van der Waals surface area contributed by atoms with Crippen LogP contribution >= 0.6 is 0 Å². The second kappa shape index (κ2) is 6.89. The molecule has 1 aliphatic heterocycles. The number of carbonyl (C=O) groups excluding carboxylic acids is 1. The van der Waals surface area contributed by atoms with Crippen molar-refractivity contribution >= 4 is 13.1 Å². The van der Waals surface area contributed by atoms with Gasteiger partial charge in [-0.2, -0.15) is 5.10 Å². The average Bonchev–Trinajstić information content (AvgIpc) is 3.16. The molecule has 1 saturated heterocycles. The number of rotatable bonds is 5. The molecule has 26 heavy (non-hydrogen) atoms. The lowest BCUT2D eigenvalue weighted by Crippen LogP contribution is -2.41. The molecule has 138 valence electrons. The Morgan fingerprint density at radius 3 is 2.38 bits per heavy atom. The molecule has 0 saturated carbocycles. The first-order valence-electron chi connectivity index (χ1n) is 8.76. The first-order valence-corrected chi connectivity index (χ1v) is 8.76. The summed E-state index contributed by atoms with van der Waals surface area (Å²) < 4.78 is 19.0. The Kier molecular flexibility index (Phi) is 4.95. The molecular weight excluding hydrogens is 331 g/mol. The molecule has 2 heterocycles. The summed E-state index contributed by atoms with van der Waals surface area (Å²) in [7, 11) is 0.837. The topological polar surface area (TPSA) is 62.6 Å². The van der Waals surface area contributed by atoms with Gasteiger partial charge in [0.15, 0.2) is 0 Å². The zero-order chi connectivity index (χ0) is 18.9. The van der Waals surface area contributed by atoms with Crippen LogP contribution < -0.4 is 0 Å². The van der Waals surface area contributed by atoms with Gasteiger partial charge in [-0.3, -0.25) is 4.79 Å². The van der Waals surface area contributed by atoms with Crippen molar-refractivity contribution < 1.29 is 18.8 Å². The van der Waals surface area contributed by atoms with Gasteiger partial charge < -0.3 is 14.0 Å². The number of nitrogens with zero attached hydrogens (tertiary/aromatic N) is 2. The molecule has 0 amide bonds. The molecule has 2 aromatic rings. The molecule has 0 spiro atoms. The van der Waals surface area contributed by atoms with E-state index in [-0.39, 0.29) is 18.2 Å². The third-order valence-electron chi connectivity index (χ3n) is 5.27. The Bertz CT molecular complexity index is 757. The van der Waals surface area contributed by atoms with E-state index in [2.05, 4.69) is 5.10 Å². The van der Waals surface area contributed by atoms with Crippen molar-refractivity contribution in [2.45, 2.75) is 51.1 Å². The number of hydrogen-bond donors (Lipinski definition) is 0. The third kappa shape index (κ3) is 3.55. The predicted molar refractivity (Wildman–Crippen MR) is 99.0 cm³/mol. The van der Waals surface area contributed by atoms with E-state index in [0.717, 1.165) is 11.3 Å². The summed E-state index contributed by atoms with van der Waals surface area (Å²) in [6.07, 6.45) is 3.83. The number of esters is 1. The van der Waals surface area contributed by atoms with Crippen LogP contribution in [0.2, 0.25) is 0 Å². The zero-order valence-corrected chi connectivity index (χ0v) is 15.9. The maximum atomic E-state index is 12.0. The smallest absolute Gasteiger partial charge is 0.466 e. The largest absolute Gasteiger partial charge is 0.469 e. The number of aromatic nitrogens is 2. The van der Waals surface area contributed by atoms with Crippen molar-refractivity contribution in [1.82, 2.24) is 9.78 Å². The van der Waals surface area contributed by atoms with Crippen molar-refractivity contribution in [3.8, 4) is 5.69 Å². The number of ether oxygens (including phenoxy) is 1. The first kappa shape index (κ1) is 18.7. The second-order valence-electron chi connectivity index (χ2n) is 7.57. The van der Waals surface area contributed by atoms with Crippen molar-refractivity contribution in [2.75, 3.05) is 7.11 Å². The monoisotopic (exact) mass is 356 g/mol. The highest BCUT2D eigenvalue weighted by Gasteiger charge is 2.54. The van der Waals surface area contributed by atoms with E-state index in [0.29, 0.717) is 0 Å². The molecule has 0 bridgehead atoms. The number of benzene rings is 1. The van der Waals surface area contributed by atoms with E-state index in [9.17, 15) is 4.79 Å². The molecule has 6 nitrogen and oxygen atoms in total. The van der Waals surface area contributed by atoms with Crippen molar-refractivity contribution in [3.63, 3.8) is 0 Å². The van der Waals surface area contributed by atoms with E-state index in [4.69, 9.17) is 14.0 Å². The van der Waals surface area contributed by atoms with Gasteiger partial charge in [0.25, 0.3) is 0 Å². The second-order valence-corrected chi connectivity index (χ2v) is 7.57. The van der Waals surface area contributed by atoms with Crippen molar-refractivity contribution in [3.05, 3.63) is 48.3 Å². The molecule has 1 aromatic heterocycles. The third-order valence-corrected chi connectivity index (χ3v) is 5.27. The first-order chi connectivity index (χ1) is 12.2. The summed E-state index contributed by atoms with van der Waals surface area (Å²) in [6.45, 7) is 7.98. The minimum Gasteiger partial charge on any atom is -0.469 e. The van der Waals surface area contributed by atoms with Crippen LogP contribution in [-0.4, -0.2) is 41.2 Å².